The van der Waals surface area contributed by atoms with Crippen molar-refractivity contribution in [1.82, 2.24) is 10.6 Å². The molecule has 1 aromatic carbocycles. The fourth-order valence-electron chi connectivity index (χ4n) is 2.36. The third-order valence-corrected chi connectivity index (χ3v) is 3.57. The summed E-state index contributed by atoms with van der Waals surface area (Å²) < 4.78 is 5.28. The summed E-state index contributed by atoms with van der Waals surface area (Å²) in [5.74, 6) is 0.960. The highest BCUT2D eigenvalue weighted by Crippen LogP contribution is 2.18. The fourth-order valence-corrected chi connectivity index (χ4v) is 2.36. The number of rotatable bonds is 4. The first-order valence-corrected chi connectivity index (χ1v) is 6.85. The molecule has 104 valence electrons. The van der Waals surface area contributed by atoms with Crippen LogP contribution < -0.4 is 15.4 Å². The Morgan fingerprint density at radius 1 is 1.47 bits per heavy atom. The Labute approximate surface area is 114 Å². The smallest absolute Gasteiger partial charge is 0.237 e. The molecule has 1 fully saturated rings. The lowest BCUT2D eigenvalue weighted by atomic mass is 10.0. The van der Waals surface area contributed by atoms with Crippen LogP contribution in [0.25, 0.3) is 0 Å². The molecular weight excluding hydrogens is 240 g/mol. The Kier molecular flexibility index (Phi) is 4.80. The molecule has 2 rings (SSSR count). The normalized spacial score (nSPS) is 18.9. The van der Waals surface area contributed by atoms with Crippen LogP contribution in [0.3, 0.4) is 0 Å². The van der Waals surface area contributed by atoms with Crippen molar-refractivity contribution in [2.75, 3.05) is 13.7 Å². The molecule has 0 aromatic heterocycles. The van der Waals surface area contributed by atoms with Crippen LogP contribution in [0.2, 0.25) is 0 Å². The van der Waals surface area contributed by atoms with Gasteiger partial charge in [-0.05, 0) is 43.5 Å². The Bertz CT molecular complexity index is 440. The highest BCUT2D eigenvalue weighted by Gasteiger charge is 2.19. The van der Waals surface area contributed by atoms with Crippen LogP contribution in [-0.2, 0) is 11.3 Å². The van der Waals surface area contributed by atoms with Crippen molar-refractivity contribution >= 4 is 5.91 Å². The summed E-state index contributed by atoms with van der Waals surface area (Å²) in [6, 6.07) is 5.98. The molecule has 1 aliphatic heterocycles. The highest BCUT2D eigenvalue weighted by atomic mass is 16.5. The van der Waals surface area contributed by atoms with E-state index in [0.717, 1.165) is 36.3 Å². The number of ether oxygens (including phenoxy) is 1. The minimum Gasteiger partial charge on any atom is -0.496 e. The van der Waals surface area contributed by atoms with Gasteiger partial charge in [0.2, 0.25) is 5.91 Å². The molecular formula is C15H22N2O2. The van der Waals surface area contributed by atoms with Gasteiger partial charge in [0.25, 0.3) is 0 Å². The molecule has 4 heteroatoms. The van der Waals surface area contributed by atoms with Gasteiger partial charge in [-0.25, -0.2) is 0 Å². The van der Waals surface area contributed by atoms with Gasteiger partial charge in [0.1, 0.15) is 5.75 Å². The summed E-state index contributed by atoms with van der Waals surface area (Å²) in [7, 11) is 1.66. The maximum atomic E-state index is 12.0. The third-order valence-electron chi connectivity index (χ3n) is 3.57. The predicted octanol–water partition coefficient (Wildman–Crippen LogP) is 1.76. The zero-order valence-corrected chi connectivity index (χ0v) is 11.7. The van der Waals surface area contributed by atoms with Gasteiger partial charge in [0, 0.05) is 6.54 Å². The van der Waals surface area contributed by atoms with E-state index in [1.54, 1.807) is 7.11 Å². The molecule has 1 aliphatic rings. The van der Waals surface area contributed by atoms with Crippen LogP contribution in [0.5, 0.6) is 5.75 Å². The molecule has 4 nitrogen and oxygen atoms in total. The molecule has 1 amide bonds. The van der Waals surface area contributed by atoms with E-state index in [4.69, 9.17) is 4.74 Å². The molecule has 1 atom stereocenters. The molecule has 0 bridgehead atoms. The number of carbonyl (C=O) groups excluding carboxylic acids is 1. The second-order valence-corrected chi connectivity index (χ2v) is 5.02. The molecule has 0 aliphatic carbocycles. The van der Waals surface area contributed by atoms with Crippen LogP contribution in [-0.4, -0.2) is 25.6 Å². The number of hydrogen-bond donors (Lipinski definition) is 2. The summed E-state index contributed by atoms with van der Waals surface area (Å²) in [6.07, 6.45) is 3.23. The number of benzene rings is 1. The SMILES string of the molecule is COc1cc(CNC(=O)[C@@H]2CCCCN2)ccc1C. The van der Waals surface area contributed by atoms with Crippen molar-refractivity contribution in [3.63, 3.8) is 0 Å². The molecule has 19 heavy (non-hydrogen) atoms. The van der Waals surface area contributed by atoms with Gasteiger partial charge in [0.05, 0.1) is 13.2 Å². The zero-order valence-electron chi connectivity index (χ0n) is 11.7. The summed E-state index contributed by atoms with van der Waals surface area (Å²) in [4.78, 5) is 12.0. The van der Waals surface area contributed by atoms with Gasteiger partial charge >= 0.3 is 0 Å². The molecule has 0 spiro atoms. The summed E-state index contributed by atoms with van der Waals surface area (Å²) in [5.41, 5.74) is 2.16. The number of piperidine rings is 1. The summed E-state index contributed by atoms with van der Waals surface area (Å²) in [5, 5.41) is 6.23. The largest absolute Gasteiger partial charge is 0.496 e. The van der Waals surface area contributed by atoms with E-state index in [1.165, 1.54) is 6.42 Å². The fraction of sp³-hybridized carbons (Fsp3) is 0.533. The van der Waals surface area contributed by atoms with Crippen molar-refractivity contribution in [2.45, 2.75) is 38.8 Å². The Morgan fingerprint density at radius 2 is 2.32 bits per heavy atom. The van der Waals surface area contributed by atoms with E-state index in [9.17, 15) is 4.79 Å². The minimum absolute atomic E-state index is 0.0268. The number of nitrogens with one attached hydrogen (secondary N) is 2. The van der Waals surface area contributed by atoms with Crippen molar-refractivity contribution < 1.29 is 9.53 Å². The predicted molar refractivity (Wildman–Crippen MR) is 75.2 cm³/mol. The first-order chi connectivity index (χ1) is 9.20. The second-order valence-electron chi connectivity index (χ2n) is 5.02. The maximum absolute atomic E-state index is 12.0. The average Bonchev–Trinajstić information content (AvgIpc) is 2.47. The number of hydrogen-bond acceptors (Lipinski definition) is 3. The maximum Gasteiger partial charge on any atom is 0.237 e. The van der Waals surface area contributed by atoms with Gasteiger partial charge in [-0.15, -0.1) is 0 Å². The van der Waals surface area contributed by atoms with Gasteiger partial charge in [-0.1, -0.05) is 18.6 Å². The van der Waals surface area contributed by atoms with Crippen LogP contribution in [0, 0.1) is 6.92 Å². The summed E-state index contributed by atoms with van der Waals surface area (Å²) >= 11 is 0. The van der Waals surface area contributed by atoms with Gasteiger partial charge in [-0.2, -0.15) is 0 Å². The zero-order chi connectivity index (χ0) is 13.7. The van der Waals surface area contributed by atoms with Crippen molar-refractivity contribution in [3.8, 4) is 5.75 Å². The molecule has 0 saturated carbocycles. The lowest BCUT2D eigenvalue weighted by Gasteiger charge is -2.22. The summed E-state index contributed by atoms with van der Waals surface area (Å²) in [6.45, 7) is 3.50. The lowest BCUT2D eigenvalue weighted by molar-refractivity contribution is -0.123. The average molecular weight is 262 g/mol. The van der Waals surface area contributed by atoms with Gasteiger partial charge in [0.15, 0.2) is 0 Å². The molecule has 0 unspecified atom stereocenters. The monoisotopic (exact) mass is 262 g/mol. The first kappa shape index (κ1) is 13.9. The molecule has 0 radical (unpaired) electrons. The topological polar surface area (TPSA) is 50.4 Å². The van der Waals surface area contributed by atoms with Gasteiger partial charge in [-0.3, -0.25) is 4.79 Å². The van der Waals surface area contributed by atoms with E-state index >= 15 is 0 Å². The number of methoxy groups -OCH3 is 1. The van der Waals surface area contributed by atoms with E-state index < -0.39 is 0 Å². The number of amides is 1. The van der Waals surface area contributed by atoms with Crippen LogP contribution in [0.15, 0.2) is 18.2 Å². The highest BCUT2D eigenvalue weighted by molar-refractivity contribution is 5.81. The molecule has 1 aromatic rings. The molecule has 2 N–H and O–H groups in total. The van der Waals surface area contributed by atoms with Crippen molar-refractivity contribution in [2.24, 2.45) is 0 Å². The standard InChI is InChI=1S/C15H22N2O2/c1-11-6-7-12(9-14(11)19-2)10-17-15(18)13-5-3-4-8-16-13/h6-7,9,13,16H,3-5,8,10H2,1-2H3,(H,17,18)/t13-/m0/s1. The number of carbonyl (C=O) groups is 1. The van der Waals surface area contributed by atoms with Crippen LogP contribution in [0.1, 0.15) is 30.4 Å². The van der Waals surface area contributed by atoms with Crippen LogP contribution in [0.4, 0.5) is 0 Å². The van der Waals surface area contributed by atoms with Crippen LogP contribution >= 0.6 is 0 Å². The Hall–Kier alpha value is -1.55. The van der Waals surface area contributed by atoms with Crippen molar-refractivity contribution in [1.29, 1.82) is 0 Å². The number of aryl methyl sites for hydroxylation is 1. The minimum atomic E-state index is -0.0268. The van der Waals surface area contributed by atoms with E-state index in [-0.39, 0.29) is 11.9 Å². The van der Waals surface area contributed by atoms with E-state index in [1.807, 2.05) is 25.1 Å². The van der Waals surface area contributed by atoms with Gasteiger partial charge < -0.3 is 15.4 Å². The molecule has 1 heterocycles. The second kappa shape index (κ2) is 6.57. The first-order valence-electron chi connectivity index (χ1n) is 6.85. The van der Waals surface area contributed by atoms with E-state index in [0.29, 0.717) is 6.54 Å². The molecule has 1 saturated heterocycles. The Morgan fingerprint density at radius 3 is 3.00 bits per heavy atom. The van der Waals surface area contributed by atoms with E-state index in [2.05, 4.69) is 10.6 Å². The third kappa shape index (κ3) is 3.70. The van der Waals surface area contributed by atoms with Crippen molar-refractivity contribution in [3.05, 3.63) is 29.3 Å². The quantitative estimate of drug-likeness (QED) is 0.869. The lowest BCUT2D eigenvalue weighted by Crippen LogP contribution is -2.46. The Balaban J connectivity index is 1.89.